The number of carbonyl (C=O) groups is 3. The van der Waals surface area contributed by atoms with Crippen molar-refractivity contribution < 1.29 is 24.0 Å². The fraction of sp³-hybridized carbons (Fsp3) is 0.353. The lowest BCUT2D eigenvalue weighted by molar-refractivity contribution is -0.180. The molecule has 1 saturated carbocycles. The third-order valence-electron chi connectivity index (χ3n) is 4.80. The maximum absolute atomic E-state index is 12.3. The first kappa shape index (κ1) is 14.0. The number of fused-ring (bicyclic) bond motifs is 5. The van der Waals surface area contributed by atoms with E-state index in [1.165, 1.54) is 0 Å². The van der Waals surface area contributed by atoms with Gasteiger partial charge in [-0.15, -0.1) is 0 Å². The Morgan fingerprint density at radius 1 is 1.04 bits per heavy atom. The predicted molar refractivity (Wildman–Crippen MR) is 77.3 cm³/mol. The summed E-state index contributed by atoms with van der Waals surface area (Å²) in [5.41, 5.74) is 0.794. The van der Waals surface area contributed by atoms with Crippen LogP contribution in [0.2, 0.25) is 0 Å². The molecule has 1 heterocycles. The van der Waals surface area contributed by atoms with Crippen molar-refractivity contribution in [3.63, 3.8) is 0 Å². The molecule has 6 heteroatoms. The minimum Gasteiger partial charge on any atom is -0.428 e. The lowest BCUT2D eigenvalue weighted by Crippen LogP contribution is -2.35. The van der Waals surface area contributed by atoms with Crippen LogP contribution in [0.4, 0.5) is 4.79 Å². The molecule has 3 aliphatic rings. The number of nitrogens with zero attached hydrogens (tertiary/aromatic N) is 1. The molecule has 2 amide bonds. The van der Waals surface area contributed by atoms with E-state index in [0.29, 0.717) is 5.06 Å². The van der Waals surface area contributed by atoms with Gasteiger partial charge in [0, 0.05) is 0 Å². The molecular weight excluding hydrogens is 298 g/mol. The SMILES string of the molecule is O=C(OCc1ccccc1)ON1C(=O)[C@H]2[C@H](C1=O)[C@H]1C=C[C@H]2C1. The second-order valence-corrected chi connectivity index (χ2v) is 6.09. The average molecular weight is 313 g/mol. The highest BCUT2D eigenvalue weighted by Gasteiger charge is 2.61. The quantitative estimate of drug-likeness (QED) is 0.485. The summed E-state index contributed by atoms with van der Waals surface area (Å²) in [5.74, 6) is -1.49. The van der Waals surface area contributed by atoms with Crippen LogP contribution in [0.3, 0.4) is 0 Å². The molecule has 2 fully saturated rings. The molecule has 2 bridgehead atoms. The standard InChI is InChI=1S/C17H15NO5/c19-15-13-11-6-7-12(8-11)14(13)16(20)18(15)23-17(21)22-9-10-4-2-1-3-5-10/h1-7,11-14H,8-9H2/t11-,12-,13+,14+/m0/s1. The van der Waals surface area contributed by atoms with Gasteiger partial charge in [0.05, 0.1) is 11.8 Å². The smallest absolute Gasteiger partial charge is 0.428 e. The number of rotatable bonds is 3. The van der Waals surface area contributed by atoms with Gasteiger partial charge in [0.25, 0.3) is 11.8 Å². The molecule has 2 aliphatic carbocycles. The molecule has 0 aromatic heterocycles. The van der Waals surface area contributed by atoms with Crippen molar-refractivity contribution in [1.82, 2.24) is 5.06 Å². The van der Waals surface area contributed by atoms with Gasteiger partial charge in [0.2, 0.25) is 0 Å². The van der Waals surface area contributed by atoms with Crippen LogP contribution >= 0.6 is 0 Å². The van der Waals surface area contributed by atoms with Crippen molar-refractivity contribution in [1.29, 1.82) is 0 Å². The van der Waals surface area contributed by atoms with Gasteiger partial charge in [0.1, 0.15) is 6.61 Å². The number of imide groups is 1. The molecular formula is C17H15NO5. The number of hydroxylamine groups is 2. The van der Waals surface area contributed by atoms with Crippen LogP contribution in [0, 0.1) is 23.7 Å². The van der Waals surface area contributed by atoms with E-state index < -0.39 is 18.0 Å². The third kappa shape index (κ3) is 2.21. The first-order valence-corrected chi connectivity index (χ1v) is 7.60. The molecule has 1 aliphatic heterocycles. The molecule has 1 saturated heterocycles. The van der Waals surface area contributed by atoms with E-state index in [4.69, 9.17) is 9.57 Å². The summed E-state index contributed by atoms with van der Waals surface area (Å²) in [4.78, 5) is 41.3. The summed E-state index contributed by atoms with van der Waals surface area (Å²) >= 11 is 0. The Kier molecular flexibility index (Phi) is 3.18. The van der Waals surface area contributed by atoms with Crippen molar-refractivity contribution in [3.8, 4) is 0 Å². The highest BCUT2D eigenvalue weighted by atomic mass is 16.8. The highest BCUT2D eigenvalue weighted by Crippen LogP contribution is 2.52. The van der Waals surface area contributed by atoms with E-state index in [2.05, 4.69) is 0 Å². The van der Waals surface area contributed by atoms with E-state index in [-0.39, 0.29) is 30.3 Å². The summed E-state index contributed by atoms with van der Waals surface area (Å²) in [5, 5.41) is 0.592. The van der Waals surface area contributed by atoms with Crippen LogP contribution in [0.1, 0.15) is 12.0 Å². The zero-order valence-corrected chi connectivity index (χ0v) is 12.3. The first-order valence-electron chi connectivity index (χ1n) is 7.60. The van der Waals surface area contributed by atoms with Crippen LogP contribution < -0.4 is 0 Å². The topological polar surface area (TPSA) is 72.9 Å². The Labute approximate surface area is 132 Å². The zero-order valence-electron chi connectivity index (χ0n) is 12.3. The Hall–Kier alpha value is -2.63. The van der Waals surface area contributed by atoms with Crippen LogP contribution in [-0.4, -0.2) is 23.0 Å². The number of hydrogen-bond donors (Lipinski definition) is 0. The van der Waals surface area contributed by atoms with Gasteiger partial charge in [-0.1, -0.05) is 47.5 Å². The number of ether oxygens (including phenoxy) is 1. The second kappa shape index (κ2) is 5.22. The Morgan fingerprint density at radius 3 is 2.26 bits per heavy atom. The van der Waals surface area contributed by atoms with E-state index >= 15 is 0 Å². The van der Waals surface area contributed by atoms with E-state index in [1.807, 2.05) is 30.4 Å². The first-order chi connectivity index (χ1) is 11.1. The zero-order chi connectivity index (χ0) is 16.0. The summed E-state index contributed by atoms with van der Waals surface area (Å²) < 4.78 is 4.96. The van der Waals surface area contributed by atoms with Crippen molar-refractivity contribution in [3.05, 3.63) is 48.0 Å². The summed E-state index contributed by atoms with van der Waals surface area (Å²) in [6.45, 7) is 0.0234. The van der Waals surface area contributed by atoms with Gasteiger partial charge in [-0.25, -0.2) is 4.79 Å². The number of carbonyl (C=O) groups excluding carboxylic acids is 3. The van der Waals surface area contributed by atoms with Crippen LogP contribution in [0.5, 0.6) is 0 Å². The maximum Gasteiger partial charge on any atom is 0.534 e. The fourth-order valence-electron chi connectivity index (χ4n) is 3.78. The van der Waals surface area contributed by atoms with Gasteiger partial charge >= 0.3 is 6.16 Å². The van der Waals surface area contributed by atoms with E-state index in [1.54, 1.807) is 12.1 Å². The normalized spacial score (nSPS) is 30.7. The van der Waals surface area contributed by atoms with E-state index in [9.17, 15) is 14.4 Å². The monoisotopic (exact) mass is 313 g/mol. The summed E-state index contributed by atoms with van der Waals surface area (Å²) in [6, 6.07) is 9.09. The maximum atomic E-state index is 12.3. The van der Waals surface area contributed by atoms with Crippen LogP contribution in [-0.2, 0) is 25.8 Å². The van der Waals surface area contributed by atoms with Crippen LogP contribution in [0.15, 0.2) is 42.5 Å². The lowest BCUT2D eigenvalue weighted by Gasteiger charge is -2.15. The number of hydrogen-bond acceptors (Lipinski definition) is 5. The molecule has 23 heavy (non-hydrogen) atoms. The van der Waals surface area contributed by atoms with Crippen LogP contribution in [0.25, 0.3) is 0 Å². The van der Waals surface area contributed by atoms with Gasteiger partial charge < -0.3 is 4.74 Å². The number of amides is 2. The fourth-order valence-corrected chi connectivity index (χ4v) is 3.78. The molecule has 4 rings (SSSR count). The predicted octanol–water partition coefficient (Wildman–Crippen LogP) is 2.06. The van der Waals surface area contributed by atoms with Gasteiger partial charge in [0.15, 0.2) is 0 Å². The molecule has 4 atom stereocenters. The summed E-state index contributed by atoms with van der Waals surface area (Å²) in [6.07, 6.45) is 3.75. The van der Waals surface area contributed by atoms with Crippen molar-refractivity contribution in [2.24, 2.45) is 23.7 Å². The largest absolute Gasteiger partial charge is 0.534 e. The Morgan fingerprint density at radius 2 is 1.65 bits per heavy atom. The number of allylic oxidation sites excluding steroid dienone is 2. The van der Waals surface area contributed by atoms with Crippen molar-refractivity contribution in [2.45, 2.75) is 13.0 Å². The average Bonchev–Trinajstić information content (AvgIpc) is 3.24. The molecule has 6 nitrogen and oxygen atoms in total. The summed E-state index contributed by atoms with van der Waals surface area (Å²) in [7, 11) is 0. The molecule has 1 aromatic rings. The molecule has 0 radical (unpaired) electrons. The highest BCUT2D eigenvalue weighted by molar-refractivity contribution is 6.05. The number of benzene rings is 1. The minimum absolute atomic E-state index is 0.0234. The van der Waals surface area contributed by atoms with Gasteiger partial charge in [-0.05, 0) is 23.8 Å². The molecule has 0 spiro atoms. The second-order valence-electron chi connectivity index (χ2n) is 6.09. The minimum atomic E-state index is -1.05. The van der Waals surface area contributed by atoms with Crippen molar-refractivity contribution >= 4 is 18.0 Å². The Balaban J connectivity index is 1.39. The molecule has 1 aromatic carbocycles. The van der Waals surface area contributed by atoms with E-state index in [0.717, 1.165) is 12.0 Å². The molecule has 0 N–H and O–H groups in total. The molecule has 0 unspecified atom stereocenters. The van der Waals surface area contributed by atoms with Gasteiger partial charge in [-0.2, -0.15) is 0 Å². The lowest BCUT2D eigenvalue weighted by atomic mass is 9.85. The third-order valence-corrected chi connectivity index (χ3v) is 4.80. The van der Waals surface area contributed by atoms with Gasteiger partial charge in [-0.3, -0.25) is 14.4 Å². The molecule has 118 valence electrons. The van der Waals surface area contributed by atoms with Crippen molar-refractivity contribution in [2.75, 3.05) is 0 Å². The Bertz CT molecular complexity index is 668.